The molecule has 1 saturated heterocycles. The van der Waals surface area contributed by atoms with Crippen molar-refractivity contribution in [2.45, 2.75) is 31.5 Å². The van der Waals surface area contributed by atoms with Crippen molar-refractivity contribution < 1.29 is 31.8 Å². The number of hydrogen-bond acceptors (Lipinski definition) is 4. The first kappa shape index (κ1) is 20.3. The largest absolute Gasteiger partial charge is 0.493 e. The third kappa shape index (κ3) is 5.41. The SMILES string of the molecule is COc1ccc(CNC(=O)C2CC(F)(F)CN2)cc1OC(F)F.Cl. The van der Waals surface area contributed by atoms with Gasteiger partial charge in [0.2, 0.25) is 5.91 Å². The van der Waals surface area contributed by atoms with E-state index in [1.807, 2.05) is 0 Å². The molecule has 0 radical (unpaired) electrons. The molecule has 1 aliphatic rings. The van der Waals surface area contributed by atoms with Crippen LogP contribution in [0.1, 0.15) is 12.0 Å². The Labute approximate surface area is 142 Å². The highest BCUT2D eigenvalue weighted by molar-refractivity contribution is 5.85. The molecule has 1 atom stereocenters. The minimum Gasteiger partial charge on any atom is -0.493 e. The van der Waals surface area contributed by atoms with Gasteiger partial charge >= 0.3 is 6.61 Å². The standard InChI is InChI=1S/C14H16F4N2O3.ClH/c1-22-10-3-2-8(4-11(10)23-13(15)16)6-19-12(21)9-5-14(17,18)7-20-9;/h2-4,9,13,20H,5-7H2,1H3,(H,19,21);1H. The van der Waals surface area contributed by atoms with Gasteiger partial charge in [-0.1, -0.05) is 6.07 Å². The molecule has 1 fully saturated rings. The number of hydrogen-bond donors (Lipinski definition) is 2. The third-order valence-corrected chi connectivity index (χ3v) is 3.34. The average Bonchev–Trinajstić information content (AvgIpc) is 2.84. The van der Waals surface area contributed by atoms with Crippen LogP contribution >= 0.6 is 12.4 Å². The topological polar surface area (TPSA) is 59.6 Å². The first-order chi connectivity index (χ1) is 10.8. The summed E-state index contributed by atoms with van der Waals surface area (Å²) in [5.74, 6) is -3.52. The first-order valence-electron chi connectivity index (χ1n) is 6.81. The number of carbonyl (C=O) groups excluding carboxylic acids is 1. The van der Waals surface area contributed by atoms with Crippen LogP contribution < -0.4 is 20.1 Å². The predicted octanol–water partition coefficient (Wildman–Crippen LogP) is 2.33. The lowest BCUT2D eigenvalue weighted by atomic mass is 10.1. The normalized spacial score (nSPS) is 18.8. The molecule has 10 heteroatoms. The van der Waals surface area contributed by atoms with Gasteiger partial charge in [0.1, 0.15) is 0 Å². The summed E-state index contributed by atoms with van der Waals surface area (Å²) in [5.41, 5.74) is 0.472. The molecule has 0 aliphatic carbocycles. The first-order valence-corrected chi connectivity index (χ1v) is 6.81. The Kier molecular flexibility index (Phi) is 7.09. The van der Waals surface area contributed by atoms with Crippen molar-refractivity contribution >= 4 is 18.3 Å². The van der Waals surface area contributed by atoms with Gasteiger partial charge in [0, 0.05) is 13.0 Å². The minimum atomic E-state index is -3.02. The smallest absolute Gasteiger partial charge is 0.387 e. The Morgan fingerprint density at radius 2 is 2.12 bits per heavy atom. The summed E-state index contributed by atoms with van der Waals surface area (Å²) in [5, 5.41) is 4.91. The van der Waals surface area contributed by atoms with E-state index in [0.29, 0.717) is 5.56 Å². The van der Waals surface area contributed by atoms with Gasteiger partial charge in [0.25, 0.3) is 5.92 Å². The van der Waals surface area contributed by atoms with Crippen molar-refractivity contribution in [1.29, 1.82) is 0 Å². The molecular formula is C14H17ClF4N2O3. The van der Waals surface area contributed by atoms with E-state index in [1.165, 1.54) is 19.2 Å². The Balaban J connectivity index is 0.00000288. The molecule has 136 valence electrons. The zero-order valence-corrected chi connectivity index (χ0v) is 13.5. The predicted molar refractivity (Wildman–Crippen MR) is 80.1 cm³/mol. The lowest BCUT2D eigenvalue weighted by Gasteiger charge is -2.13. The summed E-state index contributed by atoms with van der Waals surface area (Å²) < 4.78 is 59.9. The Morgan fingerprint density at radius 1 is 1.42 bits per heavy atom. The van der Waals surface area contributed by atoms with Gasteiger partial charge < -0.3 is 14.8 Å². The van der Waals surface area contributed by atoms with E-state index in [0.717, 1.165) is 0 Å². The average molecular weight is 373 g/mol. The van der Waals surface area contributed by atoms with Gasteiger partial charge in [0.15, 0.2) is 11.5 Å². The molecule has 2 rings (SSSR count). The quantitative estimate of drug-likeness (QED) is 0.753. The summed E-state index contributed by atoms with van der Waals surface area (Å²) >= 11 is 0. The van der Waals surface area contributed by atoms with Crippen LogP contribution in [0.15, 0.2) is 18.2 Å². The maximum atomic E-state index is 13.0. The number of alkyl halides is 4. The van der Waals surface area contributed by atoms with E-state index >= 15 is 0 Å². The summed E-state index contributed by atoms with van der Waals surface area (Å²) in [7, 11) is 1.31. The van der Waals surface area contributed by atoms with Crippen molar-refractivity contribution in [2.24, 2.45) is 0 Å². The fourth-order valence-corrected chi connectivity index (χ4v) is 2.23. The van der Waals surface area contributed by atoms with E-state index < -0.39 is 37.4 Å². The Morgan fingerprint density at radius 3 is 2.67 bits per heavy atom. The van der Waals surface area contributed by atoms with E-state index in [2.05, 4.69) is 15.4 Å². The van der Waals surface area contributed by atoms with Crippen LogP contribution in [0.5, 0.6) is 11.5 Å². The van der Waals surface area contributed by atoms with Gasteiger partial charge in [-0.3, -0.25) is 10.1 Å². The second kappa shape index (κ2) is 8.39. The van der Waals surface area contributed by atoms with Crippen molar-refractivity contribution in [1.82, 2.24) is 10.6 Å². The fourth-order valence-electron chi connectivity index (χ4n) is 2.23. The van der Waals surface area contributed by atoms with Crippen molar-refractivity contribution in [3.05, 3.63) is 23.8 Å². The van der Waals surface area contributed by atoms with Crippen LogP contribution in [0.25, 0.3) is 0 Å². The number of nitrogens with one attached hydrogen (secondary N) is 2. The molecule has 1 aromatic rings. The number of benzene rings is 1. The van der Waals surface area contributed by atoms with E-state index in [1.54, 1.807) is 6.07 Å². The number of rotatable bonds is 6. The van der Waals surface area contributed by atoms with Crippen molar-refractivity contribution in [3.63, 3.8) is 0 Å². The molecule has 0 aromatic heterocycles. The molecule has 1 aromatic carbocycles. The zero-order valence-electron chi connectivity index (χ0n) is 12.7. The molecular weight excluding hydrogens is 356 g/mol. The number of amides is 1. The van der Waals surface area contributed by atoms with Crippen LogP contribution in [-0.2, 0) is 11.3 Å². The highest BCUT2D eigenvalue weighted by Crippen LogP contribution is 2.29. The Hall–Kier alpha value is -1.74. The second-order valence-corrected chi connectivity index (χ2v) is 5.08. The molecule has 0 bridgehead atoms. The number of ether oxygens (including phenoxy) is 2. The number of carbonyl (C=O) groups is 1. The molecule has 2 N–H and O–H groups in total. The van der Waals surface area contributed by atoms with E-state index in [9.17, 15) is 22.4 Å². The van der Waals surface area contributed by atoms with Gasteiger partial charge in [-0.25, -0.2) is 8.78 Å². The Bertz CT molecular complexity index is 575. The van der Waals surface area contributed by atoms with Gasteiger partial charge in [0.05, 0.1) is 19.7 Å². The van der Waals surface area contributed by atoms with Gasteiger partial charge in [-0.05, 0) is 17.7 Å². The van der Waals surface area contributed by atoms with E-state index in [4.69, 9.17) is 4.74 Å². The molecule has 0 saturated carbocycles. The fraction of sp³-hybridized carbons (Fsp3) is 0.500. The van der Waals surface area contributed by atoms with Crippen LogP contribution in [0, 0.1) is 0 Å². The van der Waals surface area contributed by atoms with Crippen LogP contribution in [-0.4, -0.2) is 38.1 Å². The summed E-state index contributed by atoms with van der Waals surface area (Å²) in [6.07, 6.45) is -0.568. The number of methoxy groups -OCH3 is 1. The van der Waals surface area contributed by atoms with Gasteiger partial charge in [-0.2, -0.15) is 8.78 Å². The molecule has 5 nitrogen and oxygen atoms in total. The summed E-state index contributed by atoms with van der Waals surface area (Å²) in [4.78, 5) is 11.8. The second-order valence-electron chi connectivity index (χ2n) is 5.08. The maximum Gasteiger partial charge on any atom is 0.387 e. The van der Waals surface area contributed by atoms with E-state index in [-0.39, 0.29) is 30.5 Å². The minimum absolute atomic E-state index is 0. The zero-order chi connectivity index (χ0) is 17.0. The van der Waals surface area contributed by atoms with Crippen molar-refractivity contribution in [3.8, 4) is 11.5 Å². The molecule has 1 heterocycles. The molecule has 0 spiro atoms. The van der Waals surface area contributed by atoms with Crippen LogP contribution in [0.2, 0.25) is 0 Å². The molecule has 1 amide bonds. The third-order valence-electron chi connectivity index (χ3n) is 3.34. The maximum absolute atomic E-state index is 13.0. The molecule has 1 aliphatic heterocycles. The highest BCUT2D eigenvalue weighted by Gasteiger charge is 2.42. The lowest BCUT2D eigenvalue weighted by molar-refractivity contribution is -0.123. The lowest BCUT2D eigenvalue weighted by Crippen LogP contribution is -2.40. The summed E-state index contributed by atoms with van der Waals surface area (Å²) in [6.45, 7) is -3.56. The molecule has 1 unspecified atom stereocenters. The molecule has 24 heavy (non-hydrogen) atoms. The monoisotopic (exact) mass is 372 g/mol. The van der Waals surface area contributed by atoms with Crippen LogP contribution in [0.3, 0.4) is 0 Å². The van der Waals surface area contributed by atoms with Crippen molar-refractivity contribution in [2.75, 3.05) is 13.7 Å². The van der Waals surface area contributed by atoms with Gasteiger partial charge in [-0.15, -0.1) is 12.4 Å². The highest BCUT2D eigenvalue weighted by atomic mass is 35.5. The number of halogens is 5. The van der Waals surface area contributed by atoms with Crippen LogP contribution in [0.4, 0.5) is 17.6 Å². The summed E-state index contributed by atoms with van der Waals surface area (Å²) in [6, 6.07) is 3.29.